The Morgan fingerprint density at radius 3 is 1.92 bits per heavy atom. The number of aromatic nitrogens is 4. The summed E-state index contributed by atoms with van der Waals surface area (Å²) >= 11 is 3.58. The maximum absolute atomic E-state index is 6.21. The van der Waals surface area contributed by atoms with Gasteiger partial charge < -0.3 is 4.42 Å². The molecule has 0 aliphatic carbocycles. The van der Waals surface area contributed by atoms with Gasteiger partial charge in [0.05, 0.1) is 10.2 Å². The van der Waals surface area contributed by atoms with Crippen molar-refractivity contribution >= 4 is 75.0 Å². The maximum Gasteiger partial charge on any atom is 0.164 e. The molecule has 0 unspecified atom stereocenters. The van der Waals surface area contributed by atoms with Crippen LogP contribution in [0.2, 0.25) is 0 Å². The molecule has 0 saturated heterocycles. The van der Waals surface area contributed by atoms with Crippen molar-refractivity contribution in [3.63, 3.8) is 0 Å². The van der Waals surface area contributed by atoms with Gasteiger partial charge in [-0.1, -0.05) is 121 Å². The van der Waals surface area contributed by atoms with Crippen LogP contribution in [0.3, 0.4) is 0 Å². The van der Waals surface area contributed by atoms with Gasteiger partial charge in [-0.05, 0) is 47.5 Å². The first kappa shape index (κ1) is 30.1. The van der Waals surface area contributed by atoms with Crippen molar-refractivity contribution in [2.24, 2.45) is 0 Å². The van der Waals surface area contributed by atoms with Crippen LogP contribution in [0.4, 0.5) is 0 Å². The van der Waals surface area contributed by atoms with Crippen molar-refractivity contribution in [2.75, 3.05) is 0 Å². The lowest BCUT2D eigenvalue weighted by molar-refractivity contribution is 0.669. The van der Waals surface area contributed by atoms with Crippen molar-refractivity contribution in [3.05, 3.63) is 158 Å². The number of furan rings is 1. The Hall–Kier alpha value is -6.54. The molecule has 0 aliphatic rings. The van der Waals surface area contributed by atoms with E-state index in [1.807, 2.05) is 78.1 Å². The maximum atomic E-state index is 6.21. The van der Waals surface area contributed by atoms with E-state index in [9.17, 15) is 0 Å². The van der Waals surface area contributed by atoms with Gasteiger partial charge in [-0.2, -0.15) is 0 Å². The highest BCUT2D eigenvalue weighted by atomic mass is 32.1. The van der Waals surface area contributed by atoms with Gasteiger partial charge in [0, 0.05) is 53.2 Å². The molecule has 0 atom stereocenters. The SMILES string of the molecule is c1ccc(-c2nc(-c3ccc(-c4cccc5c4sc4ccc(-c6nc7ccccc7s6)cc45)cc3)nc(-c3cccc4oc5ccccc5c34)n2)cc1. The Balaban J connectivity index is 1.01. The summed E-state index contributed by atoms with van der Waals surface area (Å²) < 4.78 is 9.95. The minimum atomic E-state index is 0.607. The second-order valence-electron chi connectivity index (χ2n) is 13.0. The molecule has 53 heavy (non-hydrogen) atoms. The van der Waals surface area contributed by atoms with Crippen molar-refractivity contribution in [1.82, 2.24) is 19.9 Å². The van der Waals surface area contributed by atoms with E-state index in [0.29, 0.717) is 17.5 Å². The number of thiophene rings is 1. The fourth-order valence-electron chi connectivity index (χ4n) is 7.26. The van der Waals surface area contributed by atoms with Crippen LogP contribution < -0.4 is 0 Å². The van der Waals surface area contributed by atoms with Crippen LogP contribution in [-0.2, 0) is 0 Å². The lowest BCUT2D eigenvalue weighted by Crippen LogP contribution is -2.00. The summed E-state index contributed by atoms with van der Waals surface area (Å²) in [5.41, 5.74) is 8.95. The summed E-state index contributed by atoms with van der Waals surface area (Å²) in [5, 5.41) is 5.59. The first-order chi connectivity index (χ1) is 26.2. The molecule has 248 valence electrons. The summed E-state index contributed by atoms with van der Waals surface area (Å²) in [6.07, 6.45) is 0. The third-order valence-electron chi connectivity index (χ3n) is 9.80. The minimum absolute atomic E-state index is 0.607. The average Bonchev–Trinajstić information content (AvgIpc) is 3.94. The molecule has 7 heteroatoms. The van der Waals surface area contributed by atoms with Crippen LogP contribution in [-0.4, -0.2) is 19.9 Å². The molecular weight excluding hydrogens is 689 g/mol. The van der Waals surface area contributed by atoms with Crippen molar-refractivity contribution in [3.8, 4) is 55.9 Å². The second kappa shape index (κ2) is 12.0. The summed E-state index contributed by atoms with van der Waals surface area (Å²) in [7, 11) is 0. The number of fused-ring (bicyclic) bond motifs is 7. The first-order valence-corrected chi connectivity index (χ1v) is 19.0. The molecule has 11 aromatic rings. The Kier molecular flexibility index (Phi) is 6.83. The van der Waals surface area contributed by atoms with Crippen LogP contribution in [0.25, 0.3) is 108 Å². The Labute approximate surface area is 311 Å². The Morgan fingerprint density at radius 2 is 1.06 bits per heavy atom. The number of nitrogens with zero attached hydrogens (tertiary/aromatic N) is 4. The van der Waals surface area contributed by atoms with Crippen LogP contribution in [0.15, 0.2) is 162 Å². The summed E-state index contributed by atoms with van der Waals surface area (Å²) in [6, 6.07) is 54.5. The fraction of sp³-hybridized carbons (Fsp3) is 0. The van der Waals surface area contributed by atoms with Crippen molar-refractivity contribution in [1.29, 1.82) is 0 Å². The number of thiazole rings is 1. The number of hydrogen-bond acceptors (Lipinski definition) is 7. The van der Waals surface area contributed by atoms with E-state index in [0.717, 1.165) is 60.3 Å². The van der Waals surface area contributed by atoms with E-state index in [1.54, 1.807) is 11.3 Å². The zero-order valence-electron chi connectivity index (χ0n) is 28.0. The van der Waals surface area contributed by atoms with E-state index in [-0.39, 0.29) is 0 Å². The highest BCUT2D eigenvalue weighted by Crippen LogP contribution is 2.43. The fourth-order valence-corrected chi connectivity index (χ4v) is 9.44. The van der Waals surface area contributed by atoms with Gasteiger partial charge in [-0.25, -0.2) is 19.9 Å². The lowest BCUT2D eigenvalue weighted by Gasteiger charge is -2.10. The van der Waals surface area contributed by atoms with Gasteiger partial charge in [-0.15, -0.1) is 22.7 Å². The van der Waals surface area contributed by atoms with E-state index in [1.165, 1.54) is 30.4 Å². The number of hydrogen-bond donors (Lipinski definition) is 0. The van der Waals surface area contributed by atoms with Gasteiger partial charge >= 0.3 is 0 Å². The molecule has 0 radical (unpaired) electrons. The molecule has 0 spiro atoms. The molecule has 0 fully saturated rings. The average molecular weight is 715 g/mol. The largest absolute Gasteiger partial charge is 0.456 e. The molecule has 4 aromatic heterocycles. The van der Waals surface area contributed by atoms with E-state index in [4.69, 9.17) is 24.4 Å². The third-order valence-corrected chi connectivity index (χ3v) is 12.1. The molecule has 4 heterocycles. The van der Waals surface area contributed by atoms with Crippen LogP contribution in [0.5, 0.6) is 0 Å². The number of rotatable bonds is 5. The van der Waals surface area contributed by atoms with Crippen molar-refractivity contribution < 1.29 is 4.42 Å². The Bertz CT molecular complexity index is 3150. The third kappa shape index (κ3) is 5.04. The predicted octanol–water partition coefficient (Wildman–Crippen LogP) is 13.1. The molecule has 7 aromatic carbocycles. The van der Waals surface area contributed by atoms with E-state index >= 15 is 0 Å². The van der Waals surface area contributed by atoms with Gasteiger partial charge in [-0.3, -0.25) is 0 Å². The summed E-state index contributed by atoms with van der Waals surface area (Å²) in [6.45, 7) is 0. The molecule has 0 saturated carbocycles. The topological polar surface area (TPSA) is 64.7 Å². The van der Waals surface area contributed by atoms with E-state index in [2.05, 4.69) is 91.0 Å². The highest BCUT2D eigenvalue weighted by molar-refractivity contribution is 7.26. The standard InChI is InChI=1S/C46H26N4OS2/c1-2-10-28(11-3-1)43-48-44(50-45(49-43)34-15-9-18-38-41(34)33-12-4-6-17-37(33)51-38)29-22-20-27(21-23-29)31-13-8-14-32-35-26-30(24-25-39(35)52-42(31)32)46-47-36-16-5-7-19-40(36)53-46/h1-26H. The molecule has 0 N–H and O–H groups in total. The van der Waals surface area contributed by atoms with E-state index < -0.39 is 0 Å². The highest BCUT2D eigenvalue weighted by Gasteiger charge is 2.18. The number of para-hydroxylation sites is 2. The van der Waals surface area contributed by atoms with Crippen LogP contribution >= 0.6 is 22.7 Å². The van der Waals surface area contributed by atoms with Crippen LogP contribution in [0.1, 0.15) is 0 Å². The van der Waals surface area contributed by atoms with Gasteiger partial charge in [0.1, 0.15) is 16.2 Å². The molecule has 11 rings (SSSR count). The first-order valence-electron chi connectivity index (χ1n) is 17.4. The van der Waals surface area contributed by atoms with Crippen LogP contribution in [0, 0.1) is 0 Å². The Morgan fingerprint density at radius 1 is 0.396 bits per heavy atom. The molecule has 5 nitrogen and oxygen atoms in total. The zero-order chi connectivity index (χ0) is 34.9. The van der Waals surface area contributed by atoms with Gasteiger partial charge in [0.25, 0.3) is 0 Å². The summed E-state index contributed by atoms with van der Waals surface area (Å²) in [5.74, 6) is 1.85. The van der Waals surface area contributed by atoms with Gasteiger partial charge in [0.2, 0.25) is 0 Å². The number of benzene rings is 7. The molecular formula is C46H26N4OS2. The zero-order valence-corrected chi connectivity index (χ0v) is 29.7. The smallest absolute Gasteiger partial charge is 0.164 e. The quantitative estimate of drug-likeness (QED) is 0.178. The normalized spacial score (nSPS) is 11.8. The second-order valence-corrected chi connectivity index (χ2v) is 15.1. The molecule has 0 aliphatic heterocycles. The molecule has 0 amide bonds. The monoisotopic (exact) mass is 714 g/mol. The summed E-state index contributed by atoms with van der Waals surface area (Å²) in [4.78, 5) is 20.1. The van der Waals surface area contributed by atoms with Gasteiger partial charge in [0.15, 0.2) is 17.5 Å². The molecule has 0 bridgehead atoms. The predicted molar refractivity (Wildman–Crippen MR) is 220 cm³/mol. The lowest BCUT2D eigenvalue weighted by atomic mass is 10.0. The minimum Gasteiger partial charge on any atom is -0.456 e. The van der Waals surface area contributed by atoms with Crippen molar-refractivity contribution in [2.45, 2.75) is 0 Å².